The van der Waals surface area contributed by atoms with Crippen LogP contribution in [0, 0.1) is 11.6 Å². The first kappa shape index (κ1) is 25.6. The summed E-state index contributed by atoms with van der Waals surface area (Å²) >= 11 is 3.58. The van der Waals surface area contributed by atoms with E-state index in [-0.39, 0.29) is 12.5 Å². The Kier molecular flexibility index (Phi) is 8.24. The number of aliphatic imine (C=N–C) groups is 1. The van der Waals surface area contributed by atoms with E-state index in [2.05, 4.69) is 47.2 Å². The van der Waals surface area contributed by atoms with E-state index >= 15 is 0 Å². The van der Waals surface area contributed by atoms with Gasteiger partial charge >= 0.3 is 6.09 Å². The van der Waals surface area contributed by atoms with Crippen LogP contribution >= 0.6 is 15.9 Å². The van der Waals surface area contributed by atoms with Crippen LogP contribution in [-0.4, -0.2) is 51.3 Å². The van der Waals surface area contributed by atoms with Gasteiger partial charge in [0.25, 0.3) is 0 Å². The summed E-state index contributed by atoms with van der Waals surface area (Å²) in [6.07, 6.45) is 2.79. The maximum atomic E-state index is 13.8. The molecule has 184 valence electrons. The predicted octanol–water partition coefficient (Wildman–Crippen LogP) is 3.24. The number of ether oxygens (including phenoxy) is 1. The molecule has 12 heteroatoms. The van der Waals surface area contributed by atoms with Gasteiger partial charge in [-0.3, -0.25) is 9.67 Å². The smallest absolute Gasteiger partial charge is 0.408 e. The van der Waals surface area contributed by atoms with Gasteiger partial charge in [0.2, 0.25) is 0 Å². The Balaban J connectivity index is 1.84. The molecule has 3 N–H and O–H groups in total. The van der Waals surface area contributed by atoms with Gasteiger partial charge in [-0.25, -0.2) is 13.6 Å². The maximum Gasteiger partial charge on any atom is 0.408 e. The van der Waals surface area contributed by atoms with Crippen molar-refractivity contribution in [3.63, 3.8) is 0 Å². The third-order valence-electron chi connectivity index (χ3n) is 4.72. The van der Waals surface area contributed by atoms with Crippen molar-refractivity contribution in [2.24, 2.45) is 4.99 Å². The zero-order valence-electron chi connectivity index (χ0n) is 19.4. The Morgan fingerprint density at radius 2 is 2.03 bits per heavy atom. The number of nitrogens with one attached hydrogen (secondary N) is 3. The van der Waals surface area contributed by atoms with Crippen molar-refractivity contribution in [2.45, 2.75) is 58.3 Å². The molecule has 0 bridgehead atoms. The van der Waals surface area contributed by atoms with Gasteiger partial charge in [-0.05, 0) is 51.8 Å². The van der Waals surface area contributed by atoms with Crippen molar-refractivity contribution < 1.29 is 18.3 Å². The molecule has 2 aromatic rings. The van der Waals surface area contributed by atoms with Gasteiger partial charge in [0.15, 0.2) is 5.96 Å². The van der Waals surface area contributed by atoms with Gasteiger partial charge in [-0.1, -0.05) is 21.1 Å². The highest BCUT2D eigenvalue weighted by molar-refractivity contribution is 9.11. The molecule has 1 aliphatic rings. The fourth-order valence-corrected chi connectivity index (χ4v) is 3.81. The summed E-state index contributed by atoms with van der Waals surface area (Å²) in [5, 5.41) is 16.9. The van der Waals surface area contributed by atoms with E-state index in [1.165, 1.54) is 12.1 Å². The summed E-state index contributed by atoms with van der Waals surface area (Å²) in [5.41, 5.74) is 0.263. The monoisotopic (exact) mass is 539 g/mol. The zero-order valence-corrected chi connectivity index (χ0v) is 21.0. The van der Waals surface area contributed by atoms with E-state index in [9.17, 15) is 13.6 Å². The average Bonchev–Trinajstić information content (AvgIpc) is 3.21. The molecule has 1 aromatic heterocycles. The fourth-order valence-electron chi connectivity index (χ4n) is 3.32. The molecule has 0 radical (unpaired) electrons. The average molecular weight is 540 g/mol. The number of nitrogens with zero attached hydrogens (tertiary/aromatic N) is 4. The number of benzene rings is 1. The number of alkyl carbamates (subject to hydrolysis) is 1. The highest BCUT2D eigenvalue weighted by atomic mass is 79.9. The highest BCUT2D eigenvalue weighted by Gasteiger charge is 2.29. The third kappa shape index (κ3) is 7.51. The lowest BCUT2D eigenvalue weighted by Crippen LogP contribution is -2.53. The lowest BCUT2D eigenvalue weighted by Gasteiger charge is -2.33. The molecule has 1 amide bonds. The summed E-state index contributed by atoms with van der Waals surface area (Å²) < 4.78 is 35.5. The summed E-state index contributed by atoms with van der Waals surface area (Å²) in [6.45, 7) is 8.14. The fraction of sp³-hybridized carbons (Fsp3) is 0.455. The van der Waals surface area contributed by atoms with Crippen molar-refractivity contribution >= 4 is 28.0 Å². The van der Waals surface area contributed by atoms with E-state index in [4.69, 9.17) is 4.74 Å². The first-order chi connectivity index (χ1) is 16.0. The number of rotatable bonds is 7. The number of guanidine groups is 1. The molecule has 0 saturated carbocycles. The number of hydrogen-bond donors (Lipinski definition) is 3. The summed E-state index contributed by atoms with van der Waals surface area (Å²) in [7, 11) is 0. The third-order valence-corrected chi connectivity index (χ3v) is 5.83. The molecular weight excluding hydrogens is 512 g/mol. The van der Waals surface area contributed by atoms with Gasteiger partial charge in [0.05, 0.1) is 37.1 Å². The van der Waals surface area contributed by atoms with Gasteiger partial charge in [-0.15, -0.1) is 5.10 Å². The molecule has 1 aromatic carbocycles. The quantitative estimate of drug-likeness (QED) is 0.498. The van der Waals surface area contributed by atoms with Crippen molar-refractivity contribution in [1.82, 2.24) is 30.9 Å². The second-order valence-corrected chi connectivity index (χ2v) is 9.68. The summed E-state index contributed by atoms with van der Waals surface area (Å²) in [5.74, 6) is -0.894. The molecule has 2 heterocycles. The summed E-state index contributed by atoms with van der Waals surface area (Å²) in [4.78, 5) is 17.1. The lowest BCUT2D eigenvalue weighted by atomic mass is 10.0. The van der Waals surface area contributed by atoms with Crippen LogP contribution in [0.15, 0.2) is 45.8 Å². The lowest BCUT2D eigenvalue weighted by molar-refractivity contribution is 0.0510. The molecule has 9 nitrogen and oxygen atoms in total. The first-order valence-corrected chi connectivity index (χ1v) is 11.6. The second kappa shape index (κ2) is 10.9. The Bertz CT molecular complexity index is 1050. The minimum Gasteiger partial charge on any atom is -0.444 e. The molecular formula is C22H28BrF2N7O2. The SMILES string of the molecule is CC1NC(=NCCn2ccnn2)NC([C@H](Cc2cc(F)cc(F)c2)NC(=O)OC(C)(C)C)=C1Br. The van der Waals surface area contributed by atoms with Gasteiger partial charge in [0, 0.05) is 16.7 Å². The largest absolute Gasteiger partial charge is 0.444 e. The van der Waals surface area contributed by atoms with Crippen LogP contribution in [0.25, 0.3) is 0 Å². The van der Waals surface area contributed by atoms with Crippen LogP contribution in [-0.2, 0) is 17.7 Å². The van der Waals surface area contributed by atoms with Gasteiger partial charge < -0.3 is 20.7 Å². The van der Waals surface area contributed by atoms with Crippen LogP contribution in [0.3, 0.4) is 0 Å². The van der Waals surface area contributed by atoms with Crippen LogP contribution in [0.5, 0.6) is 0 Å². The number of hydrogen-bond acceptors (Lipinski definition) is 5. The highest BCUT2D eigenvalue weighted by Crippen LogP contribution is 2.24. The van der Waals surface area contributed by atoms with Crippen LogP contribution in [0.1, 0.15) is 33.3 Å². The number of amides is 1. The molecule has 1 aliphatic heterocycles. The van der Waals surface area contributed by atoms with Gasteiger partial charge in [0.1, 0.15) is 17.2 Å². The van der Waals surface area contributed by atoms with E-state index in [1.54, 1.807) is 37.8 Å². The summed E-state index contributed by atoms with van der Waals surface area (Å²) in [6, 6.07) is 2.42. The molecule has 34 heavy (non-hydrogen) atoms. The molecule has 0 fully saturated rings. The number of halogens is 3. The predicted molar refractivity (Wildman–Crippen MR) is 127 cm³/mol. The molecule has 2 atom stereocenters. The minimum absolute atomic E-state index is 0.115. The standard InChI is InChI=1S/C22H28BrF2N7O2/c1-13-18(23)19(30-20(28-13)26-5-7-32-8-6-27-31-32)17(29-21(33)34-22(2,3)4)11-14-9-15(24)12-16(25)10-14/h6,8-10,12-13,17H,5,7,11H2,1-4H3,(H,29,33)(H2,26,28,30)/t13?,17-/m0/s1. The van der Waals surface area contributed by atoms with Crippen LogP contribution < -0.4 is 16.0 Å². The molecule has 3 rings (SSSR count). The van der Waals surface area contributed by atoms with Crippen molar-refractivity contribution in [2.75, 3.05) is 6.54 Å². The van der Waals surface area contributed by atoms with E-state index < -0.39 is 29.4 Å². The Labute approximate surface area is 205 Å². The van der Waals surface area contributed by atoms with E-state index in [0.29, 0.717) is 30.3 Å². The van der Waals surface area contributed by atoms with Crippen LogP contribution in [0.2, 0.25) is 0 Å². The van der Waals surface area contributed by atoms with E-state index in [0.717, 1.165) is 10.5 Å². The molecule has 0 spiro atoms. The number of carbonyl (C=O) groups is 1. The molecule has 1 unspecified atom stereocenters. The topological polar surface area (TPSA) is 105 Å². The first-order valence-electron chi connectivity index (χ1n) is 10.8. The number of carbonyl (C=O) groups excluding carboxylic acids is 1. The van der Waals surface area contributed by atoms with E-state index in [1.807, 2.05) is 6.92 Å². The molecule has 0 aliphatic carbocycles. The van der Waals surface area contributed by atoms with Crippen molar-refractivity contribution in [1.29, 1.82) is 0 Å². The minimum atomic E-state index is -0.714. The van der Waals surface area contributed by atoms with Crippen molar-refractivity contribution in [3.05, 3.63) is 58.0 Å². The Morgan fingerprint density at radius 1 is 1.32 bits per heavy atom. The Hall–Kier alpha value is -3.02. The zero-order chi connectivity index (χ0) is 24.9. The maximum absolute atomic E-state index is 13.8. The van der Waals surface area contributed by atoms with Crippen molar-refractivity contribution in [3.8, 4) is 0 Å². The van der Waals surface area contributed by atoms with Crippen LogP contribution in [0.4, 0.5) is 13.6 Å². The normalized spacial score (nSPS) is 18.3. The Morgan fingerprint density at radius 3 is 2.65 bits per heavy atom. The number of aromatic nitrogens is 3. The van der Waals surface area contributed by atoms with Gasteiger partial charge in [-0.2, -0.15) is 0 Å². The second-order valence-electron chi connectivity index (χ2n) is 8.83. The molecule has 0 saturated heterocycles.